The lowest BCUT2D eigenvalue weighted by molar-refractivity contribution is -0.156. The average molecular weight is 220 g/mol. The number of H-pyrrole nitrogens is 1. The molecule has 3 N–H and O–H groups in total. The van der Waals surface area contributed by atoms with Crippen LogP contribution in [0.3, 0.4) is 0 Å². The van der Waals surface area contributed by atoms with Gasteiger partial charge in [-0.15, -0.1) is 0 Å². The molecule has 1 aromatic carbocycles. The van der Waals surface area contributed by atoms with Gasteiger partial charge in [0.1, 0.15) is 0 Å². The van der Waals surface area contributed by atoms with Gasteiger partial charge in [0.15, 0.2) is 5.60 Å². The smallest absolute Gasteiger partial charge is 0.335 e. The maximum absolute atomic E-state index is 10.8. The second kappa shape index (κ2) is 3.61. The van der Waals surface area contributed by atoms with E-state index in [0.717, 1.165) is 10.9 Å². The number of carboxylic acids is 1. The second-order valence-corrected chi connectivity index (χ2v) is 3.98. The van der Waals surface area contributed by atoms with E-state index in [9.17, 15) is 9.90 Å². The molecule has 0 amide bonds. The molecule has 0 aliphatic heterocycles. The van der Waals surface area contributed by atoms with Gasteiger partial charge in [-0.1, -0.05) is 18.2 Å². The number of aromatic nitrogens is 2. The molecule has 1 heterocycles. The normalized spacial score (nSPS) is 14.9. The highest BCUT2D eigenvalue weighted by molar-refractivity contribution is 5.83. The van der Waals surface area contributed by atoms with Crippen molar-refractivity contribution in [1.29, 1.82) is 0 Å². The van der Waals surface area contributed by atoms with Gasteiger partial charge in [0.05, 0.1) is 5.52 Å². The van der Waals surface area contributed by atoms with Crippen LogP contribution >= 0.6 is 0 Å². The Morgan fingerprint density at radius 1 is 1.50 bits per heavy atom. The first-order valence-corrected chi connectivity index (χ1v) is 4.88. The third-order valence-corrected chi connectivity index (χ3v) is 2.52. The number of carboxylic acid groups (broad SMARTS) is 1. The molecule has 5 nitrogen and oxygen atoms in total. The molecule has 1 aromatic heterocycles. The van der Waals surface area contributed by atoms with Crippen molar-refractivity contribution in [2.75, 3.05) is 0 Å². The van der Waals surface area contributed by atoms with Crippen LogP contribution in [0.25, 0.3) is 10.9 Å². The van der Waals surface area contributed by atoms with Gasteiger partial charge in [0.2, 0.25) is 0 Å². The zero-order valence-electron chi connectivity index (χ0n) is 8.77. The summed E-state index contributed by atoms with van der Waals surface area (Å²) in [5, 5.41) is 26.1. The largest absolute Gasteiger partial charge is 0.479 e. The molecule has 0 spiro atoms. The lowest BCUT2D eigenvalue weighted by atomic mass is 9.99. The van der Waals surface area contributed by atoms with Crippen LogP contribution in [-0.2, 0) is 11.2 Å². The number of para-hydroxylation sites is 1. The highest BCUT2D eigenvalue weighted by Crippen LogP contribution is 2.20. The highest BCUT2D eigenvalue weighted by Gasteiger charge is 2.31. The molecule has 1 unspecified atom stereocenters. The molecule has 0 saturated carbocycles. The van der Waals surface area contributed by atoms with E-state index < -0.39 is 11.6 Å². The third kappa shape index (κ3) is 1.77. The topological polar surface area (TPSA) is 86.2 Å². The monoisotopic (exact) mass is 220 g/mol. The number of hydrogen-bond acceptors (Lipinski definition) is 3. The van der Waals surface area contributed by atoms with Crippen molar-refractivity contribution < 1.29 is 15.0 Å². The molecule has 0 bridgehead atoms. The molecule has 0 saturated heterocycles. The zero-order valence-corrected chi connectivity index (χ0v) is 8.77. The fourth-order valence-corrected chi connectivity index (χ4v) is 1.57. The molecule has 1 atom stereocenters. The highest BCUT2D eigenvalue weighted by atomic mass is 16.4. The van der Waals surface area contributed by atoms with Crippen molar-refractivity contribution in [3.05, 3.63) is 30.0 Å². The van der Waals surface area contributed by atoms with Crippen LogP contribution in [0.15, 0.2) is 24.3 Å². The lowest BCUT2D eigenvalue weighted by Gasteiger charge is -2.16. The molecular formula is C11H12N2O3. The number of aliphatic carboxylic acids is 1. The maximum atomic E-state index is 10.8. The summed E-state index contributed by atoms with van der Waals surface area (Å²) in [6, 6.07) is 7.36. The van der Waals surface area contributed by atoms with E-state index in [1.54, 1.807) is 0 Å². The summed E-state index contributed by atoms with van der Waals surface area (Å²) in [4.78, 5) is 10.8. The van der Waals surface area contributed by atoms with E-state index in [2.05, 4.69) is 10.2 Å². The number of aliphatic hydroxyl groups is 1. The third-order valence-electron chi connectivity index (χ3n) is 2.52. The van der Waals surface area contributed by atoms with Gasteiger partial charge < -0.3 is 10.2 Å². The fraction of sp³-hybridized carbons (Fsp3) is 0.273. The fourth-order valence-electron chi connectivity index (χ4n) is 1.57. The first-order valence-electron chi connectivity index (χ1n) is 4.88. The molecular weight excluding hydrogens is 208 g/mol. The molecule has 0 radical (unpaired) electrons. The Kier molecular flexibility index (Phi) is 2.40. The number of nitrogens with zero attached hydrogens (tertiary/aromatic N) is 1. The van der Waals surface area contributed by atoms with E-state index in [-0.39, 0.29) is 6.42 Å². The molecule has 5 heteroatoms. The summed E-state index contributed by atoms with van der Waals surface area (Å²) in [6.45, 7) is 1.27. The van der Waals surface area contributed by atoms with Crippen LogP contribution in [0.2, 0.25) is 0 Å². The molecule has 2 aromatic rings. The molecule has 0 fully saturated rings. The summed E-state index contributed by atoms with van der Waals surface area (Å²) in [5.41, 5.74) is -0.392. The lowest BCUT2D eigenvalue weighted by Crippen LogP contribution is -2.37. The minimum absolute atomic E-state index is 0.00282. The van der Waals surface area contributed by atoms with E-state index in [1.807, 2.05) is 24.3 Å². The first-order chi connectivity index (χ1) is 7.50. The summed E-state index contributed by atoms with van der Waals surface area (Å²) in [5.74, 6) is -1.24. The summed E-state index contributed by atoms with van der Waals surface area (Å²) in [7, 11) is 0. The van der Waals surface area contributed by atoms with Crippen LogP contribution < -0.4 is 0 Å². The first kappa shape index (κ1) is 10.6. The molecule has 2 rings (SSSR count). The zero-order chi connectivity index (χ0) is 11.8. The average Bonchev–Trinajstić information content (AvgIpc) is 2.61. The Bertz CT molecular complexity index is 531. The van der Waals surface area contributed by atoms with Gasteiger partial charge in [-0.2, -0.15) is 5.10 Å². The number of rotatable bonds is 3. The Hall–Kier alpha value is -1.88. The van der Waals surface area contributed by atoms with Gasteiger partial charge in [-0.25, -0.2) is 4.79 Å². The summed E-state index contributed by atoms with van der Waals surface area (Å²) >= 11 is 0. The van der Waals surface area contributed by atoms with Crippen molar-refractivity contribution in [2.45, 2.75) is 18.9 Å². The van der Waals surface area contributed by atoms with Gasteiger partial charge in [-0.05, 0) is 13.0 Å². The number of nitrogens with one attached hydrogen (secondary N) is 1. The van der Waals surface area contributed by atoms with E-state index >= 15 is 0 Å². The molecule has 84 valence electrons. The van der Waals surface area contributed by atoms with Gasteiger partial charge in [0, 0.05) is 17.5 Å². The van der Waals surface area contributed by atoms with Gasteiger partial charge in [-0.3, -0.25) is 5.10 Å². The van der Waals surface area contributed by atoms with Crippen LogP contribution in [0, 0.1) is 0 Å². The van der Waals surface area contributed by atoms with Gasteiger partial charge >= 0.3 is 5.97 Å². The minimum atomic E-state index is -1.78. The molecule has 0 aliphatic rings. The van der Waals surface area contributed by atoms with Crippen molar-refractivity contribution in [1.82, 2.24) is 10.2 Å². The second-order valence-electron chi connectivity index (χ2n) is 3.98. The van der Waals surface area contributed by atoms with E-state index in [0.29, 0.717) is 5.69 Å². The predicted molar refractivity (Wildman–Crippen MR) is 58.1 cm³/mol. The Morgan fingerprint density at radius 3 is 2.88 bits per heavy atom. The summed E-state index contributed by atoms with van der Waals surface area (Å²) < 4.78 is 0. The van der Waals surface area contributed by atoms with Crippen LogP contribution in [0.5, 0.6) is 0 Å². The number of hydrogen-bond donors (Lipinski definition) is 3. The SMILES string of the molecule is CC(O)(Cc1[nH]nc2ccccc12)C(=O)O. The summed E-state index contributed by atoms with van der Waals surface area (Å²) in [6.07, 6.45) is 0.00282. The number of benzene rings is 1. The van der Waals surface area contributed by atoms with Gasteiger partial charge in [0.25, 0.3) is 0 Å². The number of aromatic amines is 1. The maximum Gasteiger partial charge on any atom is 0.335 e. The van der Waals surface area contributed by atoms with Crippen LogP contribution in [-0.4, -0.2) is 32.0 Å². The quantitative estimate of drug-likeness (QED) is 0.718. The molecule has 0 aliphatic carbocycles. The molecule has 16 heavy (non-hydrogen) atoms. The van der Waals surface area contributed by atoms with Crippen molar-refractivity contribution >= 4 is 16.9 Å². The Morgan fingerprint density at radius 2 is 2.19 bits per heavy atom. The predicted octanol–water partition coefficient (Wildman–Crippen LogP) is 0.941. The van der Waals surface area contributed by atoms with Crippen LogP contribution in [0.4, 0.5) is 0 Å². The van der Waals surface area contributed by atoms with E-state index in [4.69, 9.17) is 5.11 Å². The minimum Gasteiger partial charge on any atom is -0.479 e. The van der Waals surface area contributed by atoms with Crippen molar-refractivity contribution in [3.63, 3.8) is 0 Å². The van der Waals surface area contributed by atoms with Crippen molar-refractivity contribution in [2.24, 2.45) is 0 Å². The standard InChI is InChI=1S/C11H12N2O3/c1-11(16,10(14)15)6-9-7-4-2-3-5-8(7)12-13-9/h2-5,16H,6H2,1H3,(H,12,13)(H,14,15). The Balaban J connectivity index is 2.38. The van der Waals surface area contributed by atoms with Crippen molar-refractivity contribution in [3.8, 4) is 0 Å². The van der Waals surface area contributed by atoms with Crippen LogP contribution in [0.1, 0.15) is 12.6 Å². The number of fused-ring (bicyclic) bond motifs is 1. The van der Waals surface area contributed by atoms with E-state index in [1.165, 1.54) is 6.92 Å². The Labute approximate surface area is 91.7 Å². The number of carbonyl (C=O) groups is 1.